The average Bonchev–Trinajstić information content (AvgIpc) is 2.68. The Balaban J connectivity index is 1.70. The summed E-state index contributed by atoms with van der Waals surface area (Å²) in [5.74, 6) is 0.990. The summed E-state index contributed by atoms with van der Waals surface area (Å²) < 4.78 is 5.82. The molecular weight excluding hydrogens is 306 g/mol. The number of benzene rings is 3. The second-order valence-corrected chi connectivity index (χ2v) is 6.08. The van der Waals surface area contributed by atoms with Gasteiger partial charge in [0.1, 0.15) is 5.75 Å². The lowest BCUT2D eigenvalue weighted by Crippen LogP contribution is -2.03. The molecule has 0 saturated heterocycles. The second-order valence-electron chi connectivity index (χ2n) is 6.08. The van der Waals surface area contributed by atoms with Crippen LogP contribution in [-0.4, -0.2) is 6.61 Å². The standard InChI is InChI=1S/C23H25NO/c1-2-25-23-16-15-22(24-18-20-11-7-4-8-12-20)17-21(23)14-13-19-9-5-3-6-10-19/h3-12,15-17,24H,2,13-14,18H2,1H3. The molecule has 0 amide bonds. The van der Waals surface area contributed by atoms with Crippen molar-refractivity contribution in [1.29, 1.82) is 0 Å². The zero-order valence-electron chi connectivity index (χ0n) is 14.7. The normalized spacial score (nSPS) is 10.4. The Labute approximate surface area is 150 Å². The summed E-state index contributed by atoms with van der Waals surface area (Å²) in [6.45, 7) is 3.55. The summed E-state index contributed by atoms with van der Waals surface area (Å²) in [6, 6.07) is 27.5. The lowest BCUT2D eigenvalue weighted by Gasteiger charge is -2.14. The molecule has 3 aromatic rings. The van der Waals surface area contributed by atoms with Gasteiger partial charge in [0.2, 0.25) is 0 Å². The minimum absolute atomic E-state index is 0.690. The first-order chi connectivity index (χ1) is 12.3. The maximum absolute atomic E-state index is 5.82. The fraction of sp³-hybridized carbons (Fsp3) is 0.217. The van der Waals surface area contributed by atoms with Gasteiger partial charge in [0, 0.05) is 12.2 Å². The summed E-state index contributed by atoms with van der Waals surface area (Å²) in [4.78, 5) is 0. The third-order valence-corrected chi connectivity index (χ3v) is 4.23. The van der Waals surface area contributed by atoms with Gasteiger partial charge in [-0.2, -0.15) is 0 Å². The molecule has 0 atom stereocenters. The van der Waals surface area contributed by atoms with E-state index in [2.05, 4.69) is 78.1 Å². The zero-order valence-corrected chi connectivity index (χ0v) is 14.7. The average molecular weight is 331 g/mol. The predicted octanol–water partition coefficient (Wildman–Crippen LogP) is 5.48. The third-order valence-electron chi connectivity index (χ3n) is 4.23. The van der Waals surface area contributed by atoms with E-state index >= 15 is 0 Å². The lowest BCUT2D eigenvalue weighted by atomic mass is 10.0. The highest BCUT2D eigenvalue weighted by Gasteiger charge is 2.06. The topological polar surface area (TPSA) is 21.3 Å². The van der Waals surface area contributed by atoms with Crippen molar-refractivity contribution in [3.05, 3.63) is 95.6 Å². The minimum atomic E-state index is 0.690. The Hall–Kier alpha value is -2.74. The number of hydrogen-bond acceptors (Lipinski definition) is 2. The van der Waals surface area contributed by atoms with E-state index in [9.17, 15) is 0 Å². The monoisotopic (exact) mass is 331 g/mol. The van der Waals surface area contributed by atoms with Crippen LogP contribution in [0.3, 0.4) is 0 Å². The van der Waals surface area contributed by atoms with Gasteiger partial charge in [-0.15, -0.1) is 0 Å². The molecule has 128 valence electrons. The summed E-state index contributed by atoms with van der Waals surface area (Å²) >= 11 is 0. The highest BCUT2D eigenvalue weighted by Crippen LogP contribution is 2.25. The number of anilines is 1. The van der Waals surface area contributed by atoms with Crippen LogP contribution >= 0.6 is 0 Å². The number of aryl methyl sites for hydroxylation is 2. The second kappa shape index (κ2) is 8.93. The molecule has 0 aromatic heterocycles. The largest absolute Gasteiger partial charge is 0.494 e. The van der Waals surface area contributed by atoms with E-state index in [4.69, 9.17) is 4.74 Å². The lowest BCUT2D eigenvalue weighted by molar-refractivity contribution is 0.336. The van der Waals surface area contributed by atoms with E-state index in [0.29, 0.717) is 6.61 Å². The van der Waals surface area contributed by atoms with Crippen LogP contribution < -0.4 is 10.1 Å². The van der Waals surface area contributed by atoms with Crippen LogP contribution in [0.1, 0.15) is 23.6 Å². The first-order valence-corrected chi connectivity index (χ1v) is 8.92. The van der Waals surface area contributed by atoms with Gasteiger partial charge in [-0.05, 0) is 54.7 Å². The van der Waals surface area contributed by atoms with Gasteiger partial charge in [0.05, 0.1) is 6.61 Å². The van der Waals surface area contributed by atoms with Crippen LogP contribution in [0.25, 0.3) is 0 Å². The van der Waals surface area contributed by atoms with Gasteiger partial charge in [-0.25, -0.2) is 0 Å². The van der Waals surface area contributed by atoms with Crippen LogP contribution in [-0.2, 0) is 19.4 Å². The van der Waals surface area contributed by atoms with Crippen molar-refractivity contribution in [3.8, 4) is 5.75 Å². The molecule has 0 bridgehead atoms. The quantitative estimate of drug-likeness (QED) is 0.590. The minimum Gasteiger partial charge on any atom is -0.494 e. The van der Waals surface area contributed by atoms with Crippen LogP contribution in [0.5, 0.6) is 5.75 Å². The van der Waals surface area contributed by atoms with Gasteiger partial charge >= 0.3 is 0 Å². The third kappa shape index (κ3) is 5.12. The molecule has 2 heteroatoms. The fourth-order valence-electron chi connectivity index (χ4n) is 2.90. The Morgan fingerprint density at radius 3 is 2.12 bits per heavy atom. The van der Waals surface area contributed by atoms with E-state index in [0.717, 1.165) is 30.8 Å². The molecule has 0 aliphatic rings. The highest BCUT2D eigenvalue weighted by atomic mass is 16.5. The zero-order chi connectivity index (χ0) is 17.3. The Morgan fingerprint density at radius 1 is 0.760 bits per heavy atom. The van der Waals surface area contributed by atoms with Crippen molar-refractivity contribution < 1.29 is 4.74 Å². The molecule has 25 heavy (non-hydrogen) atoms. The number of hydrogen-bond donors (Lipinski definition) is 1. The molecule has 3 rings (SSSR count). The van der Waals surface area contributed by atoms with Gasteiger partial charge in [0.15, 0.2) is 0 Å². The van der Waals surface area contributed by atoms with Crippen molar-refractivity contribution in [3.63, 3.8) is 0 Å². The fourth-order valence-corrected chi connectivity index (χ4v) is 2.90. The number of nitrogens with one attached hydrogen (secondary N) is 1. The van der Waals surface area contributed by atoms with E-state index in [-0.39, 0.29) is 0 Å². The first kappa shape index (κ1) is 17.1. The Bertz CT molecular complexity index is 769. The molecule has 0 aliphatic carbocycles. The molecule has 0 spiro atoms. The van der Waals surface area contributed by atoms with Gasteiger partial charge in [-0.3, -0.25) is 0 Å². The molecular formula is C23H25NO. The van der Waals surface area contributed by atoms with Crippen LogP contribution in [0, 0.1) is 0 Å². The molecule has 2 nitrogen and oxygen atoms in total. The van der Waals surface area contributed by atoms with E-state index in [1.54, 1.807) is 0 Å². The SMILES string of the molecule is CCOc1ccc(NCc2ccccc2)cc1CCc1ccccc1. The van der Waals surface area contributed by atoms with Crippen molar-refractivity contribution >= 4 is 5.69 Å². The van der Waals surface area contributed by atoms with Gasteiger partial charge in [-0.1, -0.05) is 60.7 Å². The van der Waals surface area contributed by atoms with Crippen molar-refractivity contribution in [2.24, 2.45) is 0 Å². The maximum atomic E-state index is 5.82. The highest BCUT2D eigenvalue weighted by molar-refractivity contribution is 5.51. The van der Waals surface area contributed by atoms with Gasteiger partial charge in [0.25, 0.3) is 0 Å². The molecule has 1 N–H and O–H groups in total. The molecule has 0 saturated carbocycles. The van der Waals surface area contributed by atoms with E-state index < -0.39 is 0 Å². The van der Waals surface area contributed by atoms with Crippen molar-refractivity contribution in [2.45, 2.75) is 26.3 Å². The van der Waals surface area contributed by atoms with Crippen LogP contribution in [0.2, 0.25) is 0 Å². The molecule has 3 aromatic carbocycles. The summed E-state index contributed by atoms with van der Waals surface area (Å²) in [5.41, 5.74) is 5.02. The van der Waals surface area contributed by atoms with Crippen molar-refractivity contribution in [2.75, 3.05) is 11.9 Å². The van der Waals surface area contributed by atoms with Gasteiger partial charge < -0.3 is 10.1 Å². The molecule has 0 heterocycles. The van der Waals surface area contributed by atoms with Crippen LogP contribution in [0.4, 0.5) is 5.69 Å². The molecule has 0 unspecified atom stereocenters. The van der Waals surface area contributed by atoms with E-state index in [1.165, 1.54) is 16.7 Å². The van der Waals surface area contributed by atoms with E-state index in [1.807, 2.05) is 13.0 Å². The van der Waals surface area contributed by atoms with Crippen LogP contribution in [0.15, 0.2) is 78.9 Å². The summed E-state index contributed by atoms with van der Waals surface area (Å²) in [5, 5.41) is 3.51. The molecule has 0 fully saturated rings. The Kier molecular flexibility index (Phi) is 6.11. The molecule has 0 radical (unpaired) electrons. The predicted molar refractivity (Wildman–Crippen MR) is 105 cm³/mol. The van der Waals surface area contributed by atoms with Crippen molar-refractivity contribution in [1.82, 2.24) is 0 Å². The number of rotatable bonds is 8. The first-order valence-electron chi connectivity index (χ1n) is 8.92. The summed E-state index contributed by atoms with van der Waals surface area (Å²) in [7, 11) is 0. The smallest absolute Gasteiger partial charge is 0.122 e. The Morgan fingerprint density at radius 2 is 1.44 bits per heavy atom. The molecule has 0 aliphatic heterocycles. The summed E-state index contributed by atoms with van der Waals surface area (Å²) in [6.07, 6.45) is 1.99. The number of ether oxygens (including phenoxy) is 1. The maximum Gasteiger partial charge on any atom is 0.122 e.